The molecule has 0 aliphatic carbocycles. The normalized spacial score (nSPS) is 17.4. The van der Waals surface area contributed by atoms with Crippen molar-refractivity contribution in [2.75, 3.05) is 29.7 Å². The summed E-state index contributed by atoms with van der Waals surface area (Å²) in [5, 5.41) is 13.0. The fraction of sp³-hybridized carbons (Fsp3) is 0.375. The lowest BCUT2D eigenvalue weighted by Crippen LogP contribution is -2.42. The Morgan fingerprint density at radius 1 is 1.14 bits per heavy atom. The van der Waals surface area contributed by atoms with Crippen LogP contribution in [0.2, 0.25) is 0 Å². The molecule has 1 amide bonds. The number of thiazole rings is 1. The number of amides is 1. The summed E-state index contributed by atoms with van der Waals surface area (Å²) in [4.78, 5) is 20.1. The Kier molecular flexibility index (Phi) is 6.71. The van der Waals surface area contributed by atoms with Gasteiger partial charge in [-0.05, 0) is 68.1 Å². The molecular formula is C24H27N7O3S3. The average Bonchev–Trinajstić information content (AvgIpc) is 3.62. The number of hydrogen-bond donors (Lipinski definition) is 3. The number of hydrogen-bond acceptors (Lipinski definition) is 9. The lowest BCUT2D eigenvalue weighted by atomic mass is 10.0. The summed E-state index contributed by atoms with van der Waals surface area (Å²) in [5.41, 5.74) is 2.56. The minimum absolute atomic E-state index is 0.252. The third-order valence-electron chi connectivity index (χ3n) is 6.72. The first-order valence-electron chi connectivity index (χ1n) is 12.2. The predicted molar refractivity (Wildman–Crippen MR) is 146 cm³/mol. The van der Waals surface area contributed by atoms with E-state index in [0.717, 1.165) is 73.7 Å². The molecule has 0 spiro atoms. The second-order valence-corrected chi connectivity index (χ2v) is 13.1. The third-order valence-corrected chi connectivity index (χ3v) is 10.4. The number of carbonyl (C=O) groups excluding carboxylic acids is 1. The monoisotopic (exact) mass is 557 g/mol. The van der Waals surface area contributed by atoms with Gasteiger partial charge in [-0.15, -0.1) is 11.3 Å². The maximum Gasteiger partial charge on any atom is 0.277 e. The van der Waals surface area contributed by atoms with Crippen LogP contribution in [0, 0.1) is 0 Å². The van der Waals surface area contributed by atoms with Crippen LogP contribution in [-0.2, 0) is 23.1 Å². The van der Waals surface area contributed by atoms with Crippen LogP contribution in [0.25, 0.3) is 10.2 Å². The minimum Gasteiger partial charge on any atom is -0.317 e. The quantitative estimate of drug-likeness (QED) is 0.331. The zero-order chi connectivity index (χ0) is 25.4. The van der Waals surface area contributed by atoms with Crippen LogP contribution in [-0.4, -0.2) is 59.7 Å². The number of sulfonamides is 1. The number of carbonyl (C=O) groups is 1. The highest BCUT2D eigenvalue weighted by atomic mass is 32.2. The Bertz CT molecular complexity index is 1520. The third kappa shape index (κ3) is 5.27. The van der Waals surface area contributed by atoms with Gasteiger partial charge in [0.2, 0.25) is 0 Å². The van der Waals surface area contributed by atoms with Crippen LogP contribution < -0.4 is 15.4 Å². The Hall–Kier alpha value is -2.84. The average molecular weight is 558 g/mol. The molecule has 0 radical (unpaired) electrons. The van der Waals surface area contributed by atoms with Gasteiger partial charge in [0.25, 0.3) is 15.9 Å². The maximum absolute atomic E-state index is 13.0. The summed E-state index contributed by atoms with van der Waals surface area (Å²) in [5.74, 6) is -0.299. The molecule has 5 heterocycles. The molecule has 6 rings (SSSR count). The maximum atomic E-state index is 13.0. The van der Waals surface area contributed by atoms with Crippen molar-refractivity contribution in [1.82, 2.24) is 25.0 Å². The topological polar surface area (TPSA) is 121 Å². The summed E-state index contributed by atoms with van der Waals surface area (Å²) in [6.07, 6.45) is 3.31. The van der Waals surface area contributed by atoms with Gasteiger partial charge < -0.3 is 5.32 Å². The molecule has 4 aromatic rings. The molecule has 2 aliphatic heterocycles. The smallest absolute Gasteiger partial charge is 0.277 e. The molecule has 1 fully saturated rings. The SMILES string of the molecule is O=C(Nc1nc2ccc(NS(=O)(=O)c3cccs3)cc2s1)c1cc2n(n1)CCCN(C1CCNCC1)C2. The second-order valence-electron chi connectivity index (χ2n) is 9.24. The van der Waals surface area contributed by atoms with Crippen LogP contribution in [0.3, 0.4) is 0 Å². The summed E-state index contributed by atoms with van der Waals surface area (Å²) < 4.78 is 30.7. The molecule has 194 valence electrons. The van der Waals surface area contributed by atoms with Gasteiger partial charge in [-0.25, -0.2) is 13.4 Å². The first kappa shape index (κ1) is 24.5. The van der Waals surface area contributed by atoms with E-state index in [-0.39, 0.29) is 10.1 Å². The van der Waals surface area contributed by atoms with E-state index in [1.165, 1.54) is 11.3 Å². The minimum atomic E-state index is -3.64. The summed E-state index contributed by atoms with van der Waals surface area (Å²) in [6, 6.07) is 10.8. The molecular weight excluding hydrogens is 531 g/mol. The fourth-order valence-electron chi connectivity index (χ4n) is 4.91. The zero-order valence-electron chi connectivity index (χ0n) is 20.0. The number of aromatic nitrogens is 3. The van der Waals surface area contributed by atoms with Gasteiger partial charge in [0, 0.05) is 25.7 Å². The molecule has 3 aromatic heterocycles. The number of nitrogens with zero attached hydrogens (tertiary/aromatic N) is 4. The standard InChI is InChI=1S/C24H27N7O3S3/c32-23(20-14-18-15-30(10-2-11-31(18)28-20)17-6-8-25-9-7-17)27-24-26-19-5-4-16(13-21(19)36-24)29-37(33,34)22-3-1-12-35-22/h1,3-5,12-14,17,25,29H,2,6-11,15H2,(H,26,27,32). The number of thiophene rings is 1. The van der Waals surface area contributed by atoms with Gasteiger partial charge in [-0.3, -0.25) is 24.4 Å². The number of rotatable bonds is 6. The van der Waals surface area contributed by atoms with Crippen molar-refractivity contribution in [1.29, 1.82) is 0 Å². The molecule has 3 N–H and O–H groups in total. The van der Waals surface area contributed by atoms with Crippen LogP contribution in [0.5, 0.6) is 0 Å². The van der Waals surface area contributed by atoms with Crippen molar-refractivity contribution in [3.63, 3.8) is 0 Å². The van der Waals surface area contributed by atoms with Gasteiger partial charge in [0.15, 0.2) is 10.8 Å². The molecule has 1 saturated heterocycles. The molecule has 2 aliphatic rings. The Morgan fingerprint density at radius 3 is 2.81 bits per heavy atom. The second kappa shape index (κ2) is 10.1. The van der Waals surface area contributed by atoms with Crippen molar-refractivity contribution in [2.24, 2.45) is 0 Å². The number of anilines is 2. The highest BCUT2D eigenvalue weighted by Gasteiger charge is 2.26. The van der Waals surface area contributed by atoms with Gasteiger partial charge in [0.1, 0.15) is 4.21 Å². The van der Waals surface area contributed by atoms with Crippen LogP contribution in [0.1, 0.15) is 35.4 Å². The lowest BCUT2D eigenvalue weighted by molar-refractivity contribution is 0.102. The molecule has 13 heteroatoms. The van der Waals surface area contributed by atoms with E-state index in [4.69, 9.17) is 0 Å². The lowest BCUT2D eigenvalue weighted by Gasteiger charge is -2.33. The molecule has 0 unspecified atom stereocenters. The van der Waals surface area contributed by atoms with E-state index < -0.39 is 10.0 Å². The molecule has 37 heavy (non-hydrogen) atoms. The van der Waals surface area contributed by atoms with E-state index in [2.05, 4.69) is 30.3 Å². The summed E-state index contributed by atoms with van der Waals surface area (Å²) in [6.45, 7) is 4.76. The summed E-state index contributed by atoms with van der Waals surface area (Å²) in [7, 11) is -3.64. The summed E-state index contributed by atoms with van der Waals surface area (Å²) >= 11 is 2.45. The highest BCUT2D eigenvalue weighted by Crippen LogP contribution is 2.30. The molecule has 0 bridgehead atoms. The van der Waals surface area contributed by atoms with Crippen LogP contribution in [0.4, 0.5) is 10.8 Å². The van der Waals surface area contributed by atoms with Crippen molar-refractivity contribution < 1.29 is 13.2 Å². The zero-order valence-corrected chi connectivity index (χ0v) is 22.5. The molecule has 0 atom stereocenters. The van der Waals surface area contributed by atoms with Crippen LogP contribution in [0.15, 0.2) is 46.0 Å². The van der Waals surface area contributed by atoms with Gasteiger partial charge in [0.05, 0.1) is 21.6 Å². The Morgan fingerprint density at radius 2 is 2.00 bits per heavy atom. The van der Waals surface area contributed by atoms with E-state index in [9.17, 15) is 13.2 Å². The first-order chi connectivity index (χ1) is 17.9. The van der Waals surface area contributed by atoms with E-state index in [1.54, 1.807) is 35.7 Å². The van der Waals surface area contributed by atoms with Crippen molar-refractivity contribution in [3.8, 4) is 0 Å². The number of piperidine rings is 1. The van der Waals surface area contributed by atoms with E-state index in [0.29, 0.717) is 28.1 Å². The number of benzene rings is 1. The van der Waals surface area contributed by atoms with Crippen LogP contribution >= 0.6 is 22.7 Å². The molecule has 1 aromatic carbocycles. The molecule has 10 nitrogen and oxygen atoms in total. The van der Waals surface area contributed by atoms with Crippen molar-refractivity contribution in [2.45, 2.75) is 42.6 Å². The highest BCUT2D eigenvalue weighted by molar-refractivity contribution is 7.94. The number of nitrogens with one attached hydrogen (secondary N) is 3. The van der Waals surface area contributed by atoms with Gasteiger partial charge in [-0.1, -0.05) is 17.4 Å². The fourth-order valence-corrected chi connectivity index (χ4v) is 7.85. The largest absolute Gasteiger partial charge is 0.317 e. The first-order valence-corrected chi connectivity index (χ1v) is 15.4. The van der Waals surface area contributed by atoms with Gasteiger partial charge >= 0.3 is 0 Å². The van der Waals surface area contributed by atoms with Crippen molar-refractivity contribution >= 4 is 59.6 Å². The molecule has 0 saturated carbocycles. The van der Waals surface area contributed by atoms with Gasteiger partial charge in [-0.2, -0.15) is 5.10 Å². The Balaban J connectivity index is 1.15. The predicted octanol–water partition coefficient (Wildman–Crippen LogP) is 3.57. The van der Waals surface area contributed by atoms with Crippen molar-refractivity contribution in [3.05, 3.63) is 53.2 Å². The number of fused-ring (bicyclic) bond motifs is 2. The van der Waals surface area contributed by atoms with E-state index >= 15 is 0 Å². The van der Waals surface area contributed by atoms with E-state index in [1.807, 2.05) is 10.7 Å². The number of aryl methyl sites for hydroxylation is 1. The Labute approximate surface area is 222 Å².